The summed E-state index contributed by atoms with van der Waals surface area (Å²) in [7, 11) is 0. The van der Waals surface area contributed by atoms with Crippen LogP contribution in [0.2, 0.25) is 0 Å². The van der Waals surface area contributed by atoms with Gasteiger partial charge in [-0.15, -0.1) is 0 Å². The van der Waals surface area contributed by atoms with Crippen molar-refractivity contribution < 1.29 is 36.6 Å². The quantitative estimate of drug-likeness (QED) is 0.212. The molecule has 1 aliphatic heterocycles. The molecule has 0 aromatic heterocycles. The van der Waals surface area contributed by atoms with Gasteiger partial charge >= 0.3 is 16.5 Å². The average molecular weight is 584 g/mol. The van der Waals surface area contributed by atoms with Gasteiger partial charge in [-0.05, 0) is 56.8 Å². The number of hydrogen-bond acceptors (Lipinski definition) is 7. The topological polar surface area (TPSA) is 111 Å². The number of carboxylic acid groups (broad SMARTS) is 1. The number of aliphatic imine (C=N–C) groups is 2. The number of carboxylic acids is 1. The van der Waals surface area contributed by atoms with Gasteiger partial charge in [-0.25, -0.2) is 0 Å². The Hall–Kier alpha value is -3.32. The molecule has 1 heterocycles. The summed E-state index contributed by atoms with van der Waals surface area (Å²) in [6.07, 6.45) is 3.54. The molecular formula is C32H35N3NiO4. The molecule has 0 radical (unpaired) electrons. The van der Waals surface area contributed by atoms with Crippen LogP contribution in [-0.2, 0) is 21.3 Å². The number of piperidine rings is 1. The third-order valence-electron chi connectivity index (χ3n) is 7.06. The molecular weight excluding hydrogens is 549 g/mol. The third-order valence-corrected chi connectivity index (χ3v) is 7.06. The van der Waals surface area contributed by atoms with Gasteiger partial charge in [0, 0.05) is 30.2 Å². The second-order valence-corrected chi connectivity index (χ2v) is 10.0. The number of aryl methyl sites for hydroxylation is 1. The zero-order valence-corrected chi connectivity index (χ0v) is 23.6. The monoisotopic (exact) mass is 583 g/mol. The third kappa shape index (κ3) is 8.34. The van der Waals surface area contributed by atoms with Gasteiger partial charge in [0.25, 0.3) is 0 Å². The minimum atomic E-state index is -1.33. The van der Waals surface area contributed by atoms with Crippen LogP contribution in [0.25, 0.3) is 0 Å². The van der Waals surface area contributed by atoms with Crippen LogP contribution >= 0.6 is 0 Å². The number of aliphatic carboxylic acids is 1. The molecule has 0 amide bonds. The van der Waals surface area contributed by atoms with Crippen molar-refractivity contribution in [3.05, 3.63) is 101 Å². The van der Waals surface area contributed by atoms with E-state index in [9.17, 15) is 20.1 Å². The molecule has 1 fully saturated rings. The van der Waals surface area contributed by atoms with Gasteiger partial charge in [-0.2, -0.15) is 0 Å². The zero-order chi connectivity index (χ0) is 27.6. The molecule has 3 aromatic rings. The van der Waals surface area contributed by atoms with E-state index in [1.807, 2.05) is 67.6 Å². The van der Waals surface area contributed by atoms with Crippen LogP contribution in [0, 0.1) is 6.92 Å². The first-order valence-corrected chi connectivity index (χ1v) is 13.5. The Bertz CT molecular complexity index is 1310. The second kappa shape index (κ2) is 15.5. The van der Waals surface area contributed by atoms with Gasteiger partial charge in [0.05, 0.1) is 23.4 Å². The van der Waals surface area contributed by atoms with Crippen LogP contribution in [0.15, 0.2) is 88.8 Å². The minimum Gasteiger partial charge on any atom is -0.861 e. The fourth-order valence-electron chi connectivity index (χ4n) is 5.14. The van der Waals surface area contributed by atoms with Gasteiger partial charge in [0.1, 0.15) is 0 Å². The van der Waals surface area contributed by atoms with Crippen LogP contribution in [-0.4, -0.2) is 59.9 Å². The van der Waals surface area contributed by atoms with Gasteiger partial charge < -0.3 is 20.1 Å². The summed E-state index contributed by atoms with van der Waals surface area (Å²) < 4.78 is 0. The first-order valence-electron chi connectivity index (χ1n) is 13.5. The standard InChI is InChI=1S/C32H37N3O4.Ni/c1-23-11-10-14-25(21-23)26(17-20-36)31(32(38)39)34-30(24-12-4-2-5-13-24)27-15-6-7-16-28(27)33-29(37)22-35-18-8-3-9-19-35;/h2,4-7,10-16,21,26,31,36H,3,8-9,17-20,22H2,1H3,(H,33,37)(H,38,39);/q;+2/p-2/t26-,31+;/m0./s1. The fourth-order valence-corrected chi connectivity index (χ4v) is 5.14. The van der Waals surface area contributed by atoms with E-state index in [1.165, 1.54) is 6.42 Å². The maximum absolute atomic E-state index is 13.0. The van der Waals surface area contributed by atoms with Crippen molar-refractivity contribution in [3.63, 3.8) is 0 Å². The molecule has 2 atom stereocenters. The molecule has 0 bridgehead atoms. The van der Waals surface area contributed by atoms with Crippen molar-refractivity contribution in [1.82, 2.24) is 4.90 Å². The van der Waals surface area contributed by atoms with Gasteiger partial charge in [0.2, 0.25) is 0 Å². The molecule has 0 aliphatic carbocycles. The number of nitrogens with zero attached hydrogens (tertiary/aromatic N) is 3. The summed E-state index contributed by atoms with van der Waals surface area (Å²) in [5.74, 6) is -2.19. The number of benzene rings is 3. The Kier molecular flexibility index (Phi) is 12.1. The molecule has 4 rings (SSSR count). The zero-order valence-electron chi connectivity index (χ0n) is 22.6. The van der Waals surface area contributed by atoms with Crippen molar-refractivity contribution in [1.29, 1.82) is 0 Å². The van der Waals surface area contributed by atoms with E-state index in [4.69, 9.17) is 4.99 Å². The van der Waals surface area contributed by atoms with Crippen molar-refractivity contribution >= 4 is 23.3 Å². The van der Waals surface area contributed by atoms with Crippen molar-refractivity contribution in [3.8, 4) is 0 Å². The number of carbonyl (C=O) groups excluding carboxylic acids is 1. The molecule has 1 N–H and O–H groups in total. The maximum Gasteiger partial charge on any atom is 2.00 e. The smallest absolute Gasteiger partial charge is 0.861 e. The molecule has 3 aromatic carbocycles. The number of rotatable bonds is 11. The van der Waals surface area contributed by atoms with Crippen LogP contribution < -0.4 is 10.2 Å². The van der Waals surface area contributed by atoms with Gasteiger partial charge in [0.15, 0.2) is 0 Å². The Morgan fingerprint density at radius 3 is 2.33 bits per heavy atom. The first-order chi connectivity index (χ1) is 19.0. The number of aliphatic hydroxyl groups is 1. The van der Waals surface area contributed by atoms with Crippen molar-refractivity contribution in [2.75, 3.05) is 26.2 Å². The number of aliphatic hydroxyl groups excluding tert-OH is 1. The van der Waals surface area contributed by atoms with Crippen LogP contribution in [0.3, 0.4) is 0 Å². The molecule has 1 saturated heterocycles. The molecule has 8 heteroatoms. The van der Waals surface area contributed by atoms with Crippen LogP contribution in [0.5, 0.6) is 0 Å². The van der Waals surface area contributed by atoms with E-state index in [-0.39, 0.29) is 42.0 Å². The molecule has 0 spiro atoms. The van der Waals surface area contributed by atoms with Crippen LogP contribution in [0.1, 0.15) is 53.9 Å². The summed E-state index contributed by atoms with van der Waals surface area (Å²) in [4.78, 5) is 23.9. The van der Waals surface area contributed by atoms with E-state index in [0.29, 0.717) is 22.5 Å². The summed E-state index contributed by atoms with van der Waals surface area (Å²) in [6.45, 7) is 3.76. The summed E-state index contributed by atoms with van der Waals surface area (Å²) in [5.41, 5.74) is 3.86. The normalized spacial score (nSPS) is 16.1. The number of hydrogen-bond donors (Lipinski definition) is 1. The Balaban J connectivity index is 0.00000441. The van der Waals surface area contributed by atoms with E-state index in [2.05, 4.69) is 9.89 Å². The van der Waals surface area contributed by atoms with E-state index < -0.39 is 17.9 Å². The summed E-state index contributed by atoms with van der Waals surface area (Å²) in [5, 5.41) is 35.4. The SMILES string of the molecule is Cc1cccc([C@H](CCO)[C@@H](N=C(c2ccccc2)c2ccccc2N=C([O-])CN2CCCCC2)C(=O)[O-])c1.[Ni+2]. The predicted octanol–water partition coefficient (Wildman–Crippen LogP) is 2.99. The van der Waals surface area contributed by atoms with Crippen LogP contribution in [0.4, 0.5) is 5.69 Å². The van der Waals surface area contributed by atoms with E-state index in [1.54, 1.807) is 18.2 Å². The largest absolute Gasteiger partial charge is 2.00 e. The predicted molar refractivity (Wildman–Crippen MR) is 150 cm³/mol. The Labute approximate surface area is 246 Å². The van der Waals surface area contributed by atoms with Crippen molar-refractivity contribution in [2.24, 2.45) is 9.98 Å². The van der Waals surface area contributed by atoms with Gasteiger partial charge in [-0.1, -0.05) is 84.8 Å². The molecule has 40 heavy (non-hydrogen) atoms. The van der Waals surface area contributed by atoms with Crippen molar-refractivity contribution in [2.45, 2.75) is 44.6 Å². The molecule has 0 unspecified atom stereocenters. The molecule has 212 valence electrons. The Morgan fingerprint density at radius 1 is 0.950 bits per heavy atom. The number of likely N-dealkylation sites (tertiary alicyclic amines) is 1. The number of para-hydroxylation sites is 1. The molecule has 0 saturated carbocycles. The minimum absolute atomic E-state index is 0. The maximum atomic E-state index is 13.0. The van der Waals surface area contributed by atoms with E-state index in [0.717, 1.165) is 37.1 Å². The molecule has 7 nitrogen and oxygen atoms in total. The van der Waals surface area contributed by atoms with E-state index >= 15 is 0 Å². The fraction of sp³-hybridized carbons (Fsp3) is 0.344. The van der Waals surface area contributed by atoms with Gasteiger partial charge in [-0.3, -0.25) is 14.9 Å². The second-order valence-electron chi connectivity index (χ2n) is 10.0. The summed E-state index contributed by atoms with van der Waals surface area (Å²) >= 11 is 0. The average Bonchev–Trinajstić information content (AvgIpc) is 2.94. The number of carbonyl (C=O) groups is 1. The molecule has 1 aliphatic rings. The Morgan fingerprint density at radius 2 is 1.65 bits per heavy atom. The summed E-state index contributed by atoms with van der Waals surface area (Å²) in [6, 6.07) is 22.8. The first kappa shape index (κ1) is 31.2.